The lowest BCUT2D eigenvalue weighted by atomic mass is 9.97. The van der Waals surface area contributed by atoms with Crippen molar-refractivity contribution in [2.45, 2.75) is 0 Å². The number of anilines is 1. The second-order valence-electron chi connectivity index (χ2n) is 5.61. The highest BCUT2D eigenvalue weighted by Gasteiger charge is 2.21. The molecule has 3 rings (SSSR count). The van der Waals surface area contributed by atoms with Crippen LogP contribution in [0.3, 0.4) is 0 Å². The SMILES string of the molecule is COc1ccc(-c2c(C#N)c(N)nc3c2c(=O)n(C)c(=O)n3C)cc1Cl. The van der Waals surface area contributed by atoms with E-state index in [-0.39, 0.29) is 28.0 Å². The third-order valence-corrected chi connectivity index (χ3v) is 4.46. The number of hydrogen-bond donors (Lipinski definition) is 1. The number of rotatable bonds is 2. The van der Waals surface area contributed by atoms with E-state index in [2.05, 4.69) is 4.98 Å². The molecule has 0 aliphatic heterocycles. The lowest BCUT2D eigenvalue weighted by Gasteiger charge is -2.14. The van der Waals surface area contributed by atoms with Gasteiger partial charge in [0.05, 0.1) is 17.5 Å². The number of aromatic nitrogens is 3. The second kappa shape index (κ2) is 6.20. The minimum absolute atomic E-state index is 0.0366. The Labute approximate surface area is 152 Å². The highest BCUT2D eigenvalue weighted by atomic mass is 35.5. The number of fused-ring (bicyclic) bond motifs is 1. The highest BCUT2D eigenvalue weighted by molar-refractivity contribution is 6.32. The molecule has 0 aliphatic carbocycles. The summed E-state index contributed by atoms with van der Waals surface area (Å²) in [5, 5.41) is 9.99. The fourth-order valence-electron chi connectivity index (χ4n) is 2.83. The van der Waals surface area contributed by atoms with E-state index in [1.54, 1.807) is 18.2 Å². The van der Waals surface area contributed by atoms with Crippen LogP contribution in [0.2, 0.25) is 5.02 Å². The van der Waals surface area contributed by atoms with Gasteiger partial charge in [-0.05, 0) is 17.7 Å². The summed E-state index contributed by atoms with van der Waals surface area (Å²) in [7, 11) is 4.32. The molecule has 0 bridgehead atoms. The first-order valence-electron chi connectivity index (χ1n) is 7.45. The number of hydrogen-bond acceptors (Lipinski definition) is 6. The van der Waals surface area contributed by atoms with E-state index in [1.165, 1.54) is 25.8 Å². The molecule has 2 N–H and O–H groups in total. The van der Waals surface area contributed by atoms with E-state index in [0.717, 1.165) is 4.57 Å². The van der Waals surface area contributed by atoms with Crippen LogP contribution in [0.5, 0.6) is 5.75 Å². The molecule has 1 aromatic carbocycles. The Morgan fingerprint density at radius 3 is 2.54 bits per heavy atom. The van der Waals surface area contributed by atoms with Crippen LogP contribution in [-0.4, -0.2) is 21.2 Å². The van der Waals surface area contributed by atoms with E-state index in [4.69, 9.17) is 22.1 Å². The molecule has 3 aromatic rings. The van der Waals surface area contributed by atoms with Crippen LogP contribution >= 0.6 is 11.6 Å². The van der Waals surface area contributed by atoms with E-state index < -0.39 is 11.2 Å². The van der Waals surface area contributed by atoms with E-state index >= 15 is 0 Å². The molecule has 0 spiro atoms. The average Bonchev–Trinajstić information content (AvgIpc) is 2.63. The molecule has 2 heterocycles. The molecule has 0 aliphatic rings. The van der Waals surface area contributed by atoms with Crippen molar-refractivity contribution in [3.8, 4) is 22.9 Å². The number of nitrogens with two attached hydrogens (primary N) is 1. The first-order chi connectivity index (χ1) is 12.3. The minimum atomic E-state index is -0.575. The molecule has 26 heavy (non-hydrogen) atoms. The molecule has 8 nitrogen and oxygen atoms in total. The summed E-state index contributed by atoms with van der Waals surface area (Å²) in [6.07, 6.45) is 0. The number of halogens is 1. The number of benzene rings is 1. The first-order valence-corrected chi connectivity index (χ1v) is 7.82. The van der Waals surface area contributed by atoms with Gasteiger partial charge in [-0.3, -0.25) is 13.9 Å². The average molecular weight is 372 g/mol. The molecule has 9 heteroatoms. The zero-order valence-electron chi connectivity index (χ0n) is 14.2. The molecule has 132 valence electrons. The molecule has 0 fully saturated rings. The van der Waals surface area contributed by atoms with E-state index in [9.17, 15) is 14.9 Å². The Bertz CT molecular complexity index is 1220. The van der Waals surface area contributed by atoms with Crippen molar-refractivity contribution < 1.29 is 4.74 Å². The van der Waals surface area contributed by atoms with Gasteiger partial charge in [0.25, 0.3) is 5.56 Å². The molecule has 0 saturated heterocycles. The van der Waals surface area contributed by atoms with Gasteiger partial charge in [-0.15, -0.1) is 0 Å². The Morgan fingerprint density at radius 1 is 1.27 bits per heavy atom. The molecule has 0 atom stereocenters. The quantitative estimate of drug-likeness (QED) is 0.728. The van der Waals surface area contributed by atoms with E-state index in [0.29, 0.717) is 16.3 Å². The number of ether oxygens (including phenoxy) is 1. The zero-order chi connectivity index (χ0) is 19.2. The van der Waals surface area contributed by atoms with Gasteiger partial charge < -0.3 is 10.5 Å². The lowest BCUT2D eigenvalue weighted by molar-refractivity contribution is 0.415. The van der Waals surface area contributed by atoms with Crippen molar-refractivity contribution in [2.24, 2.45) is 14.1 Å². The summed E-state index contributed by atoms with van der Waals surface area (Å²) in [6.45, 7) is 0. The maximum atomic E-state index is 12.8. The van der Waals surface area contributed by atoms with Gasteiger partial charge >= 0.3 is 5.69 Å². The number of pyridine rings is 1. The number of nitrogens with zero attached hydrogens (tertiary/aromatic N) is 4. The monoisotopic (exact) mass is 371 g/mol. The number of methoxy groups -OCH3 is 1. The Morgan fingerprint density at radius 2 is 1.96 bits per heavy atom. The fourth-order valence-corrected chi connectivity index (χ4v) is 3.09. The van der Waals surface area contributed by atoms with Crippen molar-refractivity contribution in [1.82, 2.24) is 14.1 Å². The zero-order valence-corrected chi connectivity index (χ0v) is 15.0. The molecule has 0 saturated carbocycles. The molecule has 2 aromatic heterocycles. The van der Waals surface area contributed by atoms with Gasteiger partial charge in [-0.25, -0.2) is 9.78 Å². The van der Waals surface area contributed by atoms with Gasteiger partial charge in [0.15, 0.2) is 5.65 Å². The minimum Gasteiger partial charge on any atom is -0.495 e. The number of nitrogen functional groups attached to an aromatic ring is 1. The van der Waals surface area contributed by atoms with Crippen LogP contribution in [0.25, 0.3) is 22.2 Å². The summed E-state index contributed by atoms with van der Waals surface area (Å²) in [5.41, 5.74) is 5.69. The van der Waals surface area contributed by atoms with Crippen molar-refractivity contribution in [3.63, 3.8) is 0 Å². The van der Waals surface area contributed by atoms with Crippen LogP contribution in [0, 0.1) is 11.3 Å². The summed E-state index contributed by atoms with van der Waals surface area (Å²) in [4.78, 5) is 29.1. The maximum Gasteiger partial charge on any atom is 0.332 e. The van der Waals surface area contributed by atoms with Gasteiger partial charge in [-0.2, -0.15) is 5.26 Å². The third kappa shape index (κ3) is 2.41. The molecule has 0 radical (unpaired) electrons. The van der Waals surface area contributed by atoms with Crippen LogP contribution in [0.4, 0.5) is 5.82 Å². The Kier molecular flexibility index (Phi) is 4.18. The molecular weight excluding hydrogens is 358 g/mol. The maximum absolute atomic E-state index is 12.8. The largest absolute Gasteiger partial charge is 0.495 e. The van der Waals surface area contributed by atoms with Crippen molar-refractivity contribution in [3.05, 3.63) is 49.6 Å². The van der Waals surface area contributed by atoms with Crippen molar-refractivity contribution in [1.29, 1.82) is 5.26 Å². The summed E-state index contributed by atoms with van der Waals surface area (Å²) < 4.78 is 7.30. The Hall–Kier alpha value is -3.31. The van der Waals surface area contributed by atoms with Crippen LogP contribution in [0.15, 0.2) is 27.8 Å². The predicted molar refractivity (Wildman–Crippen MR) is 98.4 cm³/mol. The third-order valence-electron chi connectivity index (χ3n) is 4.17. The standard InChI is InChI=1S/C17H14ClN5O3/c1-22-15-13(16(24)23(2)17(22)25)12(9(7-19)14(20)21-15)8-4-5-11(26-3)10(18)6-8/h4-6H,1-3H3,(H2,20,21). The predicted octanol–water partition coefficient (Wildman–Crippen LogP) is 1.42. The van der Waals surface area contributed by atoms with Crippen LogP contribution < -0.4 is 21.7 Å². The summed E-state index contributed by atoms with van der Waals surface area (Å²) >= 11 is 6.20. The van der Waals surface area contributed by atoms with Gasteiger partial charge in [-0.1, -0.05) is 17.7 Å². The van der Waals surface area contributed by atoms with Gasteiger partial charge in [0.1, 0.15) is 23.2 Å². The summed E-state index contributed by atoms with van der Waals surface area (Å²) in [6, 6.07) is 6.83. The number of aryl methyl sites for hydroxylation is 1. The molecule has 0 unspecified atom stereocenters. The molecule has 0 amide bonds. The smallest absolute Gasteiger partial charge is 0.332 e. The topological polar surface area (TPSA) is 116 Å². The van der Waals surface area contributed by atoms with Crippen molar-refractivity contribution >= 4 is 28.5 Å². The second-order valence-corrected chi connectivity index (χ2v) is 6.02. The van der Waals surface area contributed by atoms with Gasteiger partial charge in [0, 0.05) is 19.7 Å². The number of nitriles is 1. The van der Waals surface area contributed by atoms with Crippen LogP contribution in [0.1, 0.15) is 5.56 Å². The highest BCUT2D eigenvalue weighted by Crippen LogP contribution is 2.35. The fraction of sp³-hybridized carbons (Fsp3) is 0.176. The Balaban J connectivity index is 2.60. The van der Waals surface area contributed by atoms with Crippen molar-refractivity contribution in [2.75, 3.05) is 12.8 Å². The summed E-state index contributed by atoms with van der Waals surface area (Å²) in [5.74, 6) is 0.366. The normalized spacial score (nSPS) is 10.7. The molecular formula is C17H14ClN5O3. The van der Waals surface area contributed by atoms with Gasteiger partial charge in [0.2, 0.25) is 0 Å². The lowest BCUT2D eigenvalue weighted by Crippen LogP contribution is -2.37. The first kappa shape index (κ1) is 17.5. The van der Waals surface area contributed by atoms with E-state index in [1.807, 2.05) is 6.07 Å². The van der Waals surface area contributed by atoms with Crippen LogP contribution in [-0.2, 0) is 14.1 Å².